The summed E-state index contributed by atoms with van der Waals surface area (Å²) in [4.78, 5) is 31.8. The molecule has 32 heavy (non-hydrogen) atoms. The molecule has 1 aromatic heterocycles. The third-order valence-electron chi connectivity index (χ3n) is 6.13. The Morgan fingerprint density at radius 2 is 1.62 bits per heavy atom. The standard InChI is InChI=1S/C26H32N4O2/c31-25(29-18-10-3-11-19-29)20-30-23-15-8-7-14-22(23)28-24(30)16-6-2-9-17-27-26(32)21-12-4-1-5-13-21/h1,4-5,7-8,12-15H,2-3,6,9-11,16-20H2,(H,27,32). The van der Waals surface area contributed by atoms with Crippen molar-refractivity contribution in [1.29, 1.82) is 0 Å². The zero-order valence-electron chi connectivity index (χ0n) is 18.6. The van der Waals surface area contributed by atoms with Crippen LogP contribution in [0.4, 0.5) is 0 Å². The number of para-hydroxylation sites is 2. The largest absolute Gasteiger partial charge is 0.352 e. The number of hydrogen-bond acceptors (Lipinski definition) is 3. The van der Waals surface area contributed by atoms with Crippen molar-refractivity contribution >= 4 is 22.8 Å². The first-order valence-corrected chi connectivity index (χ1v) is 11.8. The second kappa shape index (κ2) is 10.9. The lowest BCUT2D eigenvalue weighted by molar-refractivity contribution is -0.132. The molecule has 0 atom stereocenters. The second-order valence-electron chi connectivity index (χ2n) is 8.48. The summed E-state index contributed by atoms with van der Waals surface area (Å²) >= 11 is 0. The maximum absolute atomic E-state index is 12.9. The Hall–Kier alpha value is -3.15. The molecule has 4 rings (SSSR count). The number of imidazole rings is 1. The number of rotatable bonds is 9. The van der Waals surface area contributed by atoms with E-state index in [1.165, 1.54) is 6.42 Å². The highest BCUT2D eigenvalue weighted by molar-refractivity contribution is 5.94. The number of nitrogens with zero attached hydrogens (tertiary/aromatic N) is 3. The Bertz CT molecular complexity index is 1040. The molecule has 2 amide bonds. The van der Waals surface area contributed by atoms with Gasteiger partial charge in [0.15, 0.2) is 0 Å². The predicted octanol–water partition coefficient (Wildman–Crippen LogP) is 4.19. The number of aromatic nitrogens is 2. The number of carbonyl (C=O) groups excluding carboxylic acids is 2. The zero-order valence-corrected chi connectivity index (χ0v) is 18.6. The Labute approximate surface area is 189 Å². The van der Waals surface area contributed by atoms with Gasteiger partial charge in [0.2, 0.25) is 5.91 Å². The van der Waals surface area contributed by atoms with Gasteiger partial charge in [-0.05, 0) is 56.4 Å². The van der Waals surface area contributed by atoms with Gasteiger partial charge in [0, 0.05) is 31.6 Å². The summed E-state index contributed by atoms with van der Waals surface area (Å²) in [5.74, 6) is 1.14. The van der Waals surface area contributed by atoms with Gasteiger partial charge in [-0.25, -0.2) is 4.98 Å². The summed E-state index contributed by atoms with van der Waals surface area (Å²) in [6, 6.07) is 17.4. The molecule has 0 unspecified atom stereocenters. The van der Waals surface area contributed by atoms with E-state index in [0.717, 1.165) is 68.5 Å². The zero-order chi connectivity index (χ0) is 22.2. The summed E-state index contributed by atoms with van der Waals surface area (Å²) in [5, 5.41) is 2.98. The topological polar surface area (TPSA) is 67.2 Å². The molecule has 168 valence electrons. The Morgan fingerprint density at radius 3 is 2.44 bits per heavy atom. The van der Waals surface area contributed by atoms with Crippen molar-refractivity contribution in [3.63, 3.8) is 0 Å². The average Bonchev–Trinajstić information content (AvgIpc) is 3.19. The van der Waals surface area contributed by atoms with E-state index in [0.29, 0.717) is 18.7 Å². The third-order valence-corrected chi connectivity index (χ3v) is 6.13. The molecule has 1 saturated heterocycles. The number of unbranched alkanes of at least 4 members (excludes halogenated alkanes) is 2. The van der Waals surface area contributed by atoms with E-state index in [1.54, 1.807) is 0 Å². The van der Waals surface area contributed by atoms with Crippen LogP contribution >= 0.6 is 0 Å². The number of hydrogen-bond donors (Lipinski definition) is 1. The minimum atomic E-state index is -0.0244. The smallest absolute Gasteiger partial charge is 0.251 e. The van der Waals surface area contributed by atoms with Crippen LogP contribution in [0.25, 0.3) is 11.0 Å². The van der Waals surface area contributed by atoms with Gasteiger partial charge in [-0.2, -0.15) is 0 Å². The van der Waals surface area contributed by atoms with Gasteiger partial charge < -0.3 is 14.8 Å². The number of aryl methyl sites for hydroxylation is 1. The number of nitrogens with one attached hydrogen (secondary N) is 1. The summed E-state index contributed by atoms with van der Waals surface area (Å²) in [6.45, 7) is 2.77. The van der Waals surface area contributed by atoms with Crippen LogP contribution in [-0.4, -0.2) is 45.9 Å². The number of benzene rings is 2. The number of fused-ring (bicyclic) bond motifs is 1. The van der Waals surface area contributed by atoms with Crippen LogP contribution in [0.5, 0.6) is 0 Å². The van der Waals surface area contributed by atoms with Crippen LogP contribution in [0.1, 0.15) is 54.7 Å². The summed E-state index contributed by atoms with van der Waals surface area (Å²) in [5.41, 5.74) is 2.67. The monoisotopic (exact) mass is 432 g/mol. The Balaban J connectivity index is 1.30. The Kier molecular flexibility index (Phi) is 7.54. The van der Waals surface area contributed by atoms with E-state index in [1.807, 2.05) is 53.4 Å². The Morgan fingerprint density at radius 1 is 0.875 bits per heavy atom. The van der Waals surface area contributed by atoms with E-state index in [2.05, 4.69) is 16.0 Å². The molecule has 6 heteroatoms. The molecular weight excluding hydrogens is 400 g/mol. The molecule has 2 heterocycles. The SMILES string of the molecule is O=C(NCCCCCc1nc2ccccc2n1CC(=O)N1CCCCC1)c1ccccc1. The van der Waals surface area contributed by atoms with Crippen molar-refractivity contribution in [3.8, 4) is 0 Å². The molecule has 6 nitrogen and oxygen atoms in total. The van der Waals surface area contributed by atoms with E-state index in [4.69, 9.17) is 4.98 Å². The van der Waals surface area contributed by atoms with E-state index in [9.17, 15) is 9.59 Å². The molecule has 1 aliphatic rings. The van der Waals surface area contributed by atoms with E-state index in [-0.39, 0.29) is 11.8 Å². The van der Waals surface area contributed by atoms with Gasteiger partial charge in [-0.3, -0.25) is 9.59 Å². The first-order valence-electron chi connectivity index (χ1n) is 11.8. The van der Waals surface area contributed by atoms with Crippen molar-refractivity contribution in [3.05, 3.63) is 66.0 Å². The third kappa shape index (κ3) is 5.55. The van der Waals surface area contributed by atoms with Crippen molar-refractivity contribution < 1.29 is 9.59 Å². The highest BCUT2D eigenvalue weighted by atomic mass is 16.2. The minimum Gasteiger partial charge on any atom is -0.352 e. The molecule has 1 fully saturated rings. The van der Waals surface area contributed by atoms with Gasteiger partial charge in [0.25, 0.3) is 5.91 Å². The molecule has 1 N–H and O–H groups in total. The first kappa shape index (κ1) is 22.1. The fourth-order valence-corrected chi connectivity index (χ4v) is 4.35. The molecule has 2 aromatic carbocycles. The van der Waals surface area contributed by atoms with Crippen molar-refractivity contribution in [2.45, 2.75) is 51.5 Å². The lowest BCUT2D eigenvalue weighted by atomic mass is 10.1. The van der Waals surface area contributed by atoms with Gasteiger partial charge in [0.05, 0.1) is 11.0 Å². The van der Waals surface area contributed by atoms with E-state index < -0.39 is 0 Å². The lowest BCUT2D eigenvalue weighted by Gasteiger charge is -2.27. The van der Waals surface area contributed by atoms with Crippen LogP contribution in [0, 0.1) is 0 Å². The molecule has 3 aromatic rings. The number of amides is 2. The lowest BCUT2D eigenvalue weighted by Crippen LogP contribution is -2.38. The normalized spacial score (nSPS) is 13.9. The maximum atomic E-state index is 12.9. The highest BCUT2D eigenvalue weighted by Gasteiger charge is 2.19. The van der Waals surface area contributed by atoms with Crippen molar-refractivity contribution in [1.82, 2.24) is 19.8 Å². The molecule has 0 bridgehead atoms. The van der Waals surface area contributed by atoms with Gasteiger partial charge >= 0.3 is 0 Å². The van der Waals surface area contributed by atoms with Crippen LogP contribution in [0.15, 0.2) is 54.6 Å². The van der Waals surface area contributed by atoms with Crippen LogP contribution in [0.3, 0.4) is 0 Å². The highest BCUT2D eigenvalue weighted by Crippen LogP contribution is 2.19. The van der Waals surface area contributed by atoms with Crippen LogP contribution in [-0.2, 0) is 17.8 Å². The molecule has 0 radical (unpaired) electrons. The van der Waals surface area contributed by atoms with E-state index >= 15 is 0 Å². The van der Waals surface area contributed by atoms with Crippen LogP contribution in [0.2, 0.25) is 0 Å². The predicted molar refractivity (Wildman–Crippen MR) is 126 cm³/mol. The molecule has 0 aliphatic carbocycles. The molecule has 1 aliphatic heterocycles. The number of piperidine rings is 1. The van der Waals surface area contributed by atoms with Gasteiger partial charge in [-0.15, -0.1) is 0 Å². The molecular formula is C26H32N4O2. The van der Waals surface area contributed by atoms with Gasteiger partial charge in [0.1, 0.15) is 12.4 Å². The average molecular weight is 433 g/mol. The molecule has 0 spiro atoms. The fraction of sp³-hybridized carbons (Fsp3) is 0.423. The summed E-state index contributed by atoms with van der Waals surface area (Å²) in [7, 11) is 0. The first-order chi connectivity index (χ1) is 15.7. The summed E-state index contributed by atoms with van der Waals surface area (Å²) < 4.78 is 2.10. The quantitative estimate of drug-likeness (QED) is 0.516. The maximum Gasteiger partial charge on any atom is 0.251 e. The van der Waals surface area contributed by atoms with Crippen LogP contribution < -0.4 is 5.32 Å². The van der Waals surface area contributed by atoms with Crippen molar-refractivity contribution in [2.75, 3.05) is 19.6 Å². The molecule has 0 saturated carbocycles. The summed E-state index contributed by atoms with van der Waals surface area (Å²) in [6.07, 6.45) is 7.14. The number of likely N-dealkylation sites (tertiary alicyclic amines) is 1. The minimum absolute atomic E-state index is 0.0244. The second-order valence-corrected chi connectivity index (χ2v) is 8.48. The van der Waals surface area contributed by atoms with Crippen molar-refractivity contribution in [2.24, 2.45) is 0 Å². The number of carbonyl (C=O) groups is 2. The fourth-order valence-electron chi connectivity index (χ4n) is 4.35. The van der Waals surface area contributed by atoms with Gasteiger partial charge in [-0.1, -0.05) is 36.8 Å².